The molecule has 0 bridgehead atoms. The predicted molar refractivity (Wildman–Crippen MR) is 74.0 cm³/mol. The van der Waals surface area contributed by atoms with Crippen LogP contribution >= 0.6 is 0 Å². The van der Waals surface area contributed by atoms with Crippen LogP contribution < -0.4 is 5.73 Å². The van der Waals surface area contributed by atoms with Crippen molar-refractivity contribution in [2.24, 2.45) is 23.0 Å². The van der Waals surface area contributed by atoms with Crippen molar-refractivity contribution in [3.8, 4) is 0 Å². The number of rotatable bonds is 5. The van der Waals surface area contributed by atoms with Crippen LogP contribution in [0.5, 0.6) is 0 Å². The summed E-state index contributed by atoms with van der Waals surface area (Å²) in [6.45, 7) is 12.1. The van der Waals surface area contributed by atoms with Gasteiger partial charge in [-0.1, -0.05) is 27.2 Å². The topological polar surface area (TPSA) is 35.2 Å². The third-order valence-electron chi connectivity index (χ3n) is 4.69. The maximum absolute atomic E-state index is 6.08. The monoisotopic (exact) mass is 241 g/mol. The van der Waals surface area contributed by atoms with E-state index in [0.717, 1.165) is 12.5 Å². The molecule has 0 amide bonds. The highest BCUT2D eigenvalue weighted by Crippen LogP contribution is 2.43. The minimum atomic E-state index is 0.317. The zero-order valence-corrected chi connectivity index (χ0v) is 12.3. The van der Waals surface area contributed by atoms with E-state index >= 15 is 0 Å². The van der Waals surface area contributed by atoms with Crippen LogP contribution in [0.1, 0.15) is 60.3 Å². The fourth-order valence-electron chi connectivity index (χ4n) is 2.98. The molecule has 0 radical (unpaired) electrons. The Bertz CT molecular complexity index is 225. The first-order chi connectivity index (χ1) is 7.90. The molecule has 102 valence electrons. The standard InChI is InChI=1S/C15H31NO/c1-6-15(4,5)13-8-7-12(10-16)14(9-13)17-11(2)3/h11-14H,6-10,16H2,1-5H3. The van der Waals surface area contributed by atoms with Gasteiger partial charge in [-0.25, -0.2) is 0 Å². The van der Waals surface area contributed by atoms with Crippen molar-refractivity contribution in [2.45, 2.75) is 72.5 Å². The van der Waals surface area contributed by atoms with Gasteiger partial charge < -0.3 is 10.5 Å². The maximum Gasteiger partial charge on any atom is 0.0621 e. The predicted octanol–water partition coefficient (Wildman–Crippen LogP) is 3.59. The largest absolute Gasteiger partial charge is 0.375 e. The molecule has 0 aromatic heterocycles. The highest BCUT2D eigenvalue weighted by atomic mass is 16.5. The van der Waals surface area contributed by atoms with Gasteiger partial charge in [-0.15, -0.1) is 0 Å². The molecule has 0 saturated heterocycles. The molecule has 1 aliphatic carbocycles. The van der Waals surface area contributed by atoms with Gasteiger partial charge in [-0.05, 0) is 56.9 Å². The van der Waals surface area contributed by atoms with E-state index in [9.17, 15) is 0 Å². The Labute approximate surface area is 107 Å². The average Bonchev–Trinajstić information content (AvgIpc) is 2.28. The molecule has 1 saturated carbocycles. The molecule has 0 spiro atoms. The van der Waals surface area contributed by atoms with Crippen LogP contribution in [0.25, 0.3) is 0 Å². The van der Waals surface area contributed by atoms with E-state index in [-0.39, 0.29) is 0 Å². The van der Waals surface area contributed by atoms with E-state index in [1.54, 1.807) is 0 Å². The Morgan fingerprint density at radius 2 is 1.94 bits per heavy atom. The summed E-state index contributed by atoms with van der Waals surface area (Å²) in [6.07, 6.45) is 5.70. The van der Waals surface area contributed by atoms with Crippen LogP contribution in [-0.4, -0.2) is 18.8 Å². The Morgan fingerprint density at radius 1 is 1.29 bits per heavy atom. The van der Waals surface area contributed by atoms with Crippen LogP contribution in [0.15, 0.2) is 0 Å². The second-order valence-corrected chi connectivity index (χ2v) is 6.57. The first-order valence-electron chi connectivity index (χ1n) is 7.26. The average molecular weight is 241 g/mol. The molecule has 2 nitrogen and oxygen atoms in total. The van der Waals surface area contributed by atoms with Crippen LogP contribution in [-0.2, 0) is 4.74 Å². The molecule has 2 heteroatoms. The fraction of sp³-hybridized carbons (Fsp3) is 1.00. The first-order valence-corrected chi connectivity index (χ1v) is 7.26. The van der Waals surface area contributed by atoms with Gasteiger partial charge in [0, 0.05) is 0 Å². The lowest BCUT2D eigenvalue weighted by atomic mass is 9.66. The molecule has 3 unspecified atom stereocenters. The van der Waals surface area contributed by atoms with Gasteiger partial charge in [0.25, 0.3) is 0 Å². The molecule has 1 aliphatic rings. The third kappa shape index (κ3) is 3.96. The Kier molecular flexibility index (Phi) is 5.46. The summed E-state index contributed by atoms with van der Waals surface area (Å²) < 4.78 is 6.08. The van der Waals surface area contributed by atoms with E-state index in [2.05, 4.69) is 34.6 Å². The zero-order chi connectivity index (χ0) is 13.1. The number of hydrogen-bond acceptors (Lipinski definition) is 2. The summed E-state index contributed by atoms with van der Waals surface area (Å²) in [4.78, 5) is 0. The first kappa shape index (κ1) is 15.0. The normalized spacial score (nSPS) is 30.9. The molecule has 0 heterocycles. The minimum absolute atomic E-state index is 0.317. The summed E-state index contributed by atoms with van der Waals surface area (Å²) in [5.41, 5.74) is 6.32. The second-order valence-electron chi connectivity index (χ2n) is 6.57. The summed E-state index contributed by atoms with van der Waals surface area (Å²) in [5, 5.41) is 0. The zero-order valence-electron chi connectivity index (χ0n) is 12.3. The van der Waals surface area contributed by atoms with Gasteiger partial charge in [-0.3, -0.25) is 0 Å². The molecule has 17 heavy (non-hydrogen) atoms. The van der Waals surface area contributed by atoms with Crippen molar-refractivity contribution >= 4 is 0 Å². The van der Waals surface area contributed by atoms with Gasteiger partial charge in [0.2, 0.25) is 0 Å². The maximum atomic E-state index is 6.08. The van der Waals surface area contributed by atoms with E-state index in [1.807, 2.05) is 0 Å². The quantitative estimate of drug-likeness (QED) is 0.798. The highest BCUT2D eigenvalue weighted by molar-refractivity contribution is 4.88. The molecule has 3 atom stereocenters. The van der Waals surface area contributed by atoms with E-state index in [4.69, 9.17) is 10.5 Å². The smallest absolute Gasteiger partial charge is 0.0621 e. The van der Waals surface area contributed by atoms with Crippen molar-refractivity contribution in [1.82, 2.24) is 0 Å². The molecule has 2 N–H and O–H groups in total. The van der Waals surface area contributed by atoms with Gasteiger partial charge in [0.05, 0.1) is 12.2 Å². The van der Waals surface area contributed by atoms with Crippen molar-refractivity contribution in [3.63, 3.8) is 0 Å². The Hall–Kier alpha value is -0.0800. The van der Waals surface area contributed by atoms with Gasteiger partial charge in [0.15, 0.2) is 0 Å². The van der Waals surface area contributed by atoms with Crippen LogP contribution in [0.4, 0.5) is 0 Å². The molecule has 0 aromatic rings. The second kappa shape index (κ2) is 6.19. The van der Waals surface area contributed by atoms with E-state index in [0.29, 0.717) is 23.5 Å². The van der Waals surface area contributed by atoms with Crippen LogP contribution in [0, 0.1) is 17.3 Å². The summed E-state index contributed by atoms with van der Waals surface area (Å²) in [5.74, 6) is 1.36. The third-order valence-corrected chi connectivity index (χ3v) is 4.69. The van der Waals surface area contributed by atoms with Gasteiger partial charge >= 0.3 is 0 Å². The lowest BCUT2D eigenvalue weighted by Crippen LogP contribution is -2.41. The number of nitrogens with two attached hydrogens (primary N) is 1. The number of ether oxygens (including phenoxy) is 1. The summed E-state index contributed by atoms with van der Waals surface area (Å²) >= 11 is 0. The molecular weight excluding hydrogens is 210 g/mol. The van der Waals surface area contributed by atoms with Crippen molar-refractivity contribution < 1.29 is 4.74 Å². The van der Waals surface area contributed by atoms with Crippen molar-refractivity contribution in [2.75, 3.05) is 6.54 Å². The summed E-state index contributed by atoms with van der Waals surface area (Å²) in [6, 6.07) is 0. The van der Waals surface area contributed by atoms with Crippen LogP contribution in [0.3, 0.4) is 0 Å². The van der Waals surface area contributed by atoms with Gasteiger partial charge in [-0.2, -0.15) is 0 Å². The van der Waals surface area contributed by atoms with E-state index in [1.165, 1.54) is 25.7 Å². The van der Waals surface area contributed by atoms with E-state index < -0.39 is 0 Å². The number of hydrogen-bond donors (Lipinski definition) is 1. The molecule has 1 fully saturated rings. The lowest BCUT2D eigenvalue weighted by molar-refractivity contribution is -0.0701. The van der Waals surface area contributed by atoms with Crippen molar-refractivity contribution in [3.05, 3.63) is 0 Å². The minimum Gasteiger partial charge on any atom is -0.375 e. The molecule has 1 rings (SSSR count). The van der Waals surface area contributed by atoms with Crippen molar-refractivity contribution in [1.29, 1.82) is 0 Å². The lowest BCUT2D eigenvalue weighted by Gasteiger charge is -2.43. The highest BCUT2D eigenvalue weighted by Gasteiger charge is 2.37. The molecule has 0 aromatic carbocycles. The van der Waals surface area contributed by atoms with Gasteiger partial charge in [0.1, 0.15) is 0 Å². The molecular formula is C15H31NO. The summed E-state index contributed by atoms with van der Waals surface area (Å²) in [7, 11) is 0. The SMILES string of the molecule is CCC(C)(C)C1CCC(CN)C(OC(C)C)C1. The van der Waals surface area contributed by atoms with Crippen LogP contribution in [0.2, 0.25) is 0 Å². The Morgan fingerprint density at radius 3 is 2.41 bits per heavy atom. The fourth-order valence-corrected chi connectivity index (χ4v) is 2.98. The molecule has 0 aliphatic heterocycles. The Balaban J connectivity index is 2.65.